The first-order valence-electron chi connectivity index (χ1n) is 10.6. The van der Waals surface area contributed by atoms with Gasteiger partial charge in [-0.05, 0) is 51.0 Å². The van der Waals surface area contributed by atoms with Gasteiger partial charge in [0.25, 0.3) is 0 Å². The minimum absolute atomic E-state index is 0.0109. The molecule has 4 rings (SSSR count). The second kappa shape index (κ2) is 8.07. The minimum Gasteiger partial charge on any atom is -0.487 e. The Morgan fingerprint density at radius 1 is 1.19 bits per heavy atom. The third-order valence-corrected chi connectivity index (χ3v) is 8.58. The van der Waals surface area contributed by atoms with Crippen LogP contribution >= 0.6 is 11.3 Å². The third-order valence-electron chi connectivity index (χ3n) is 6.19. The summed E-state index contributed by atoms with van der Waals surface area (Å²) in [6.45, 7) is 8.02. The molecule has 0 bridgehead atoms. The molecule has 6 nitrogen and oxygen atoms in total. The van der Waals surface area contributed by atoms with Crippen LogP contribution in [-0.2, 0) is 10.0 Å². The molecule has 0 saturated heterocycles. The van der Waals surface area contributed by atoms with E-state index < -0.39 is 15.6 Å². The molecular formula is C23H28N2O4S2. The second-order valence-corrected chi connectivity index (χ2v) is 11.1. The number of thiazole rings is 1. The van der Waals surface area contributed by atoms with Crippen molar-refractivity contribution in [2.45, 2.75) is 69.5 Å². The van der Waals surface area contributed by atoms with Gasteiger partial charge in [-0.25, -0.2) is 13.1 Å². The smallest absolute Gasteiger partial charge is 0.308 e. The maximum absolute atomic E-state index is 13.3. The largest absolute Gasteiger partial charge is 0.487 e. The Kier molecular flexibility index (Phi) is 5.74. The van der Waals surface area contributed by atoms with Crippen molar-refractivity contribution in [3.8, 4) is 5.75 Å². The van der Waals surface area contributed by atoms with E-state index in [1.54, 1.807) is 22.8 Å². The Morgan fingerprint density at radius 2 is 1.90 bits per heavy atom. The van der Waals surface area contributed by atoms with Crippen LogP contribution in [0.1, 0.15) is 64.6 Å². The zero-order valence-corrected chi connectivity index (χ0v) is 19.8. The van der Waals surface area contributed by atoms with Crippen LogP contribution in [-0.4, -0.2) is 18.6 Å². The predicted molar refractivity (Wildman–Crippen MR) is 125 cm³/mol. The molecule has 2 heterocycles. The molecule has 1 aliphatic heterocycles. The van der Waals surface area contributed by atoms with Gasteiger partial charge in [-0.1, -0.05) is 43.4 Å². The summed E-state index contributed by atoms with van der Waals surface area (Å²) in [5.41, 5.74) is 1.20. The van der Waals surface area contributed by atoms with Gasteiger partial charge in [-0.3, -0.25) is 9.36 Å². The summed E-state index contributed by atoms with van der Waals surface area (Å²) in [6.07, 6.45) is 2.15. The van der Waals surface area contributed by atoms with Crippen LogP contribution in [0.25, 0.3) is 10.2 Å². The lowest BCUT2D eigenvalue weighted by Gasteiger charge is -2.41. The molecule has 8 heteroatoms. The highest BCUT2D eigenvalue weighted by atomic mass is 32.2. The van der Waals surface area contributed by atoms with Crippen LogP contribution in [0.2, 0.25) is 0 Å². The normalized spacial score (nSPS) is 18.2. The molecule has 166 valence electrons. The van der Waals surface area contributed by atoms with E-state index in [2.05, 4.69) is 18.6 Å². The van der Waals surface area contributed by atoms with Crippen LogP contribution in [0.3, 0.4) is 0 Å². The summed E-state index contributed by atoms with van der Waals surface area (Å²) < 4.78 is 38.2. The molecule has 0 saturated carbocycles. The fraction of sp³-hybridized carbons (Fsp3) is 0.435. The molecule has 2 aromatic carbocycles. The molecule has 0 amide bonds. The van der Waals surface area contributed by atoms with Crippen molar-refractivity contribution in [1.29, 1.82) is 0 Å². The second-order valence-electron chi connectivity index (χ2n) is 8.37. The van der Waals surface area contributed by atoms with Gasteiger partial charge in [-0.15, -0.1) is 0 Å². The van der Waals surface area contributed by atoms with E-state index in [4.69, 9.17) is 4.74 Å². The van der Waals surface area contributed by atoms with E-state index in [1.807, 2.05) is 38.1 Å². The van der Waals surface area contributed by atoms with Gasteiger partial charge in [-0.2, -0.15) is 0 Å². The van der Waals surface area contributed by atoms with E-state index in [-0.39, 0.29) is 21.9 Å². The summed E-state index contributed by atoms with van der Waals surface area (Å²) in [5.74, 6) is 0.729. The van der Waals surface area contributed by atoms with Crippen molar-refractivity contribution in [2.75, 3.05) is 0 Å². The molecular weight excluding hydrogens is 432 g/mol. The molecule has 1 atom stereocenters. The summed E-state index contributed by atoms with van der Waals surface area (Å²) in [7, 11) is -3.79. The number of nitrogens with zero attached hydrogens (tertiary/aromatic N) is 1. The number of ether oxygens (including phenoxy) is 1. The maximum atomic E-state index is 13.3. The first-order valence-corrected chi connectivity index (χ1v) is 12.9. The number of fused-ring (bicyclic) bond motifs is 2. The van der Waals surface area contributed by atoms with Crippen LogP contribution in [0, 0.1) is 0 Å². The molecule has 0 aliphatic carbocycles. The molecule has 1 aromatic heterocycles. The minimum atomic E-state index is -3.79. The van der Waals surface area contributed by atoms with Crippen molar-refractivity contribution in [3.63, 3.8) is 0 Å². The van der Waals surface area contributed by atoms with Crippen molar-refractivity contribution in [2.24, 2.45) is 0 Å². The van der Waals surface area contributed by atoms with E-state index >= 15 is 0 Å². The Hall–Kier alpha value is -2.16. The van der Waals surface area contributed by atoms with Crippen LogP contribution in [0.5, 0.6) is 5.75 Å². The maximum Gasteiger partial charge on any atom is 0.308 e. The Labute approximate surface area is 186 Å². The quantitative estimate of drug-likeness (QED) is 0.561. The number of para-hydroxylation sites is 1. The summed E-state index contributed by atoms with van der Waals surface area (Å²) >= 11 is 1.07. The lowest BCUT2D eigenvalue weighted by atomic mass is 9.84. The molecule has 0 radical (unpaired) electrons. The molecule has 31 heavy (non-hydrogen) atoms. The lowest BCUT2D eigenvalue weighted by Crippen LogP contribution is -2.44. The van der Waals surface area contributed by atoms with Gasteiger partial charge in [0.2, 0.25) is 10.0 Å². The zero-order valence-electron chi connectivity index (χ0n) is 18.2. The molecule has 1 aliphatic rings. The number of hydrogen-bond acceptors (Lipinski definition) is 5. The van der Waals surface area contributed by atoms with Gasteiger partial charge in [0, 0.05) is 18.0 Å². The monoisotopic (exact) mass is 460 g/mol. The predicted octanol–water partition coefficient (Wildman–Crippen LogP) is 5.00. The molecule has 0 spiro atoms. The van der Waals surface area contributed by atoms with Crippen molar-refractivity contribution in [1.82, 2.24) is 9.29 Å². The van der Waals surface area contributed by atoms with Crippen LogP contribution in [0.15, 0.2) is 52.2 Å². The van der Waals surface area contributed by atoms with Crippen molar-refractivity contribution < 1.29 is 13.2 Å². The van der Waals surface area contributed by atoms with E-state index in [0.29, 0.717) is 11.1 Å². The van der Waals surface area contributed by atoms with E-state index in [0.717, 1.165) is 41.0 Å². The van der Waals surface area contributed by atoms with E-state index in [1.165, 1.54) is 0 Å². The first kappa shape index (κ1) is 22.0. The highest BCUT2D eigenvalue weighted by molar-refractivity contribution is 7.89. The average Bonchev–Trinajstić information content (AvgIpc) is 3.08. The number of aromatic nitrogens is 1. The Bertz CT molecular complexity index is 1270. The summed E-state index contributed by atoms with van der Waals surface area (Å²) in [6, 6.07) is 12.1. The highest BCUT2D eigenvalue weighted by Crippen LogP contribution is 2.43. The number of sulfonamides is 1. The topological polar surface area (TPSA) is 77.4 Å². The van der Waals surface area contributed by atoms with Crippen LogP contribution in [0.4, 0.5) is 0 Å². The Balaban J connectivity index is 1.72. The standard InChI is InChI=1S/C23H28N2O4S2/c1-5-23(6-2)14-18(17-9-7-8-10-20(17)29-23)24-31(27,28)16-11-12-19-21(13-16)30-22(26)25(19)15(3)4/h7-13,15,18,24H,5-6,14H2,1-4H3/t18-/m0/s1. The molecule has 0 fully saturated rings. The van der Waals surface area contributed by atoms with Gasteiger partial charge >= 0.3 is 4.87 Å². The van der Waals surface area contributed by atoms with Crippen LogP contribution < -0.4 is 14.3 Å². The average molecular weight is 461 g/mol. The lowest BCUT2D eigenvalue weighted by molar-refractivity contribution is 0.0260. The van der Waals surface area contributed by atoms with Crippen molar-refractivity contribution >= 4 is 31.6 Å². The molecule has 3 aromatic rings. The SMILES string of the molecule is CCC1(CC)C[C@H](NS(=O)(=O)c2ccc3c(c2)sc(=O)n3C(C)C)c2ccccc2O1. The molecule has 0 unspecified atom stereocenters. The third kappa shape index (κ3) is 3.92. The highest BCUT2D eigenvalue weighted by Gasteiger charge is 2.40. The summed E-state index contributed by atoms with van der Waals surface area (Å²) in [4.78, 5) is 12.4. The molecule has 1 N–H and O–H groups in total. The van der Waals surface area contributed by atoms with Gasteiger partial charge < -0.3 is 4.74 Å². The number of rotatable bonds is 6. The fourth-order valence-electron chi connectivity index (χ4n) is 4.33. The van der Waals surface area contributed by atoms with Gasteiger partial charge in [0.05, 0.1) is 21.2 Å². The summed E-state index contributed by atoms with van der Waals surface area (Å²) in [5, 5.41) is 0. The van der Waals surface area contributed by atoms with Gasteiger partial charge in [0.1, 0.15) is 11.4 Å². The van der Waals surface area contributed by atoms with Crippen molar-refractivity contribution in [3.05, 3.63) is 57.7 Å². The first-order chi connectivity index (χ1) is 14.7. The fourth-order valence-corrected chi connectivity index (χ4v) is 6.70. The van der Waals surface area contributed by atoms with Gasteiger partial charge in [0.15, 0.2) is 0 Å². The Morgan fingerprint density at radius 3 is 2.58 bits per heavy atom. The van der Waals surface area contributed by atoms with E-state index in [9.17, 15) is 13.2 Å². The number of hydrogen-bond donors (Lipinski definition) is 1. The number of nitrogens with one attached hydrogen (secondary N) is 1. The number of benzene rings is 2. The zero-order chi connectivity index (χ0) is 22.4.